The van der Waals surface area contributed by atoms with Crippen molar-refractivity contribution in [3.05, 3.63) is 23.8 Å². The van der Waals surface area contributed by atoms with Crippen molar-refractivity contribution in [2.75, 3.05) is 39.2 Å². The van der Waals surface area contributed by atoms with E-state index in [1.54, 1.807) is 7.11 Å². The van der Waals surface area contributed by atoms with Crippen molar-refractivity contribution in [1.82, 2.24) is 4.90 Å². The summed E-state index contributed by atoms with van der Waals surface area (Å²) in [6.45, 7) is 4.25. The van der Waals surface area contributed by atoms with Gasteiger partial charge in [0.25, 0.3) is 0 Å². The molecule has 0 aliphatic carbocycles. The number of nitrogens with zero attached hydrogens (tertiary/aromatic N) is 2. The molecule has 2 rings (SSSR count). The summed E-state index contributed by atoms with van der Waals surface area (Å²) in [6.07, 6.45) is 2.57. The van der Waals surface area contributed by atoms with Gasteiger partial charge in [-0.05, 0) is 45.5 Å². The van der Waals surface area contributed by atoms with E-state index in [1.165, 1.54) is 25.1 Å². The molecule has 1 aliphatic rings. The minimum atomic E-state index is -0.0371. The second-order valence-electron chi connectivity index (χ2n) is 5.84. The van der Waals surface area contributed by atoms with Crippen molar-refractivity contribution in [2.45, 2.75) is 31.8 Å². The van der Waals surface area contributed by atoms with Crippen LogP contribution in [0.3, 0.4) is 0 Å². The van der Waals surface area contributed by atoms with Crippen molar-refractivity contribution in [3.8, 4) is 5.75 Å². The van der Waals surface area contributed by atoms with Crippen LogP contribution in [0.5, 0.6) is 5.75 Å². The molecule has 1 aliphatic heterocycles. The summed E-state index contributed by atoms with van der Waals surface area (Å²) in [7, 11) is 6.06. The van der Waals surface area contributed by atoms with Crippen LogP contribution in [-0.2, 0) is 0 Å². The van der Waals surface area contributed by atoms with Crippen LogP contribution in [0.15, 0.2) is 18.2 Å². The maximum Gasteiger partial charge on any atom is 0.125 e. The minimum Gasteiger partial charge on any atom is -0.496 e. The van der Waals surface area contributed by atoms with E-state index in [-0.39, 0.29) is 6.04 Å². The summed E-state index contributed by atoms with van der Waals surface area (Å²) in [5, 5.41) is 0. The number of ether oxygens (including phenoxy) is 1. The number of likely N-dealkylation sites (N-methyl/N-ethyl adjacent to an activating group) is 2. The average Bonchev–Trinajstić information content (AvgIpc) is 2.83. The third-order valence-electron chi connectivity index (χ3n) is 4.29. The molecular formula is C16H27N3O. The van der Waals surface area contributed by atoms with Crippen LogP contribution < -0.4 is 15.4 Å². The number of likely N-dealkylation sites (tertiary alicyclic amines) is 1. The van der Waals surface area contributed by atoms with Crippen molar-refractivity contribution in [3.63, 3.8) is 0 Å². The van der Waals surface area contributed by atoms with Gasteiger partial charge in [-0.2, -0.15) is 0 Å². The zero-order chi connectivity index (χ0) is 14.7. The smallest absolute Gasteiger partial charge is 0.125 e. The fourth-order valence-corrected chi connectivity index (χ4v) is 3.13. The van der Waals surface area contributed by atoms with Gasteiger partial charge >= 0.3 is 0 Å². The first-order valence-electron chi connectivity index (χ1n) is 7.38. The van der Waals surface area contributed by atoms with Gasteiger partial charge in [0.1, 0.15) is 5.75 Å². The molecule has 0 aromatic heterocycles. The highest BCUT2D eigenvalue weighted by atomic mass is 16.5. The first-order chi connectivity index (χ1) is 9.54. The summed E-state index contributed by atoms with van der Waals surface area (Å²) in [4.78, 5) is 4.76. The molecule has 4 nitrogen and oxygen atoms in total. The number of hydrogen-bond acceptors (Lipinski definition) is 4. The first kappa shape index (κ1) is 15.1. The van der Waals surface area contributed by atoms with Crippen molar-refractivity contribution in [1.29, 1.82) is 0 Å². The highest BCUT2D eigenvalue weighted by Crippen LogP contribution is 2.33. The van der Waals surface area contributed by atoms with E-state index in [4.69, 9.17) is 10.5 Å². The van der Waals surface area contributed by atoms with Gasteiger partial charge in [0.15, 0.2) is 0 Å². The van der Waals surface area contributed by atoms with Crippen molar-refractivity contribution >= 4 is 5.69 Å². The SMILES string of the molecule is COc1cccc(N(C)CC2CCCN2C)c1[C@H](C)N. The van der Waals surface area contributed by atoms with Crippen LogP contribution in [0.4, 0.5) is 5.69 Å². The van der Waals surface area contributed by atoms with Crippen LogP contribution in [0, 0.1) is 0 Å². The number of rotatable bonds is 5. The van der Waals surface area contributed by atoms with Gasteiger partial charge in [-0.3, -0.25) is 0 Å². The lowest BCUT2D eigenvalue weighted by Crippen LogP contribution is -2.37. The zero-order valence-electron chi connectivity index (χ0n) is 13.1. The normalized spacial score (nSPS) is 20.9. The molecule has 0 bridgehead atoms. The third kappa shape index (κ3) is 3.07. The Labute approximate surface area is 122 Å². The summed E-state index contributed by atoms with van der Waals surface area (Å²) < 4.78 is 5.47. The Morgan fingerprint density at radius 2 is 2.25 bits per heavy atom. The zero-order valence-corrected chi connectivity index (χ0v) is 13.1. The molecule has 4 heteroatoms. The average molecular weight is 277 g/mol. The monoisotopic (exact) mass is 277 g/mol. The molecule has 1 saturated heterocycles. The number of benzene rings is 1. The fourth-order valence-electron chi connectivity index (χ4n) is 3.13. The molecule has 0 saturated carbocycles. The molecule has 0 spiro atoms. The lowest BCUT2D eigenvalue weighted by molar-refractivity contribution is 0.314. The molecule has 1 aromatic carbocycles. The topological polar surface area (TPSA) is 41.7 Å². The summed E-state index contributed by atoms with van der Waals surface area (Å²) in [5.74, 6) is 0.879. The molecular weight excluding hydrogens is 250 g/mol. The van der Waals surface area contributed by atoms with Crippen LogP contribution in [-0.4, -0.2) is 45.2 Å². The molecule has 1 heterocycles. The first-order valence-corrected chi connectivity index (χ1v) is 7.38. The van der Waals surface area contributed by atoms with Crippen LogP contribution >= 0.6 is 0 Å². The molecule has 2 N–H and O–H groups in total. The Balaban J connectivity index is 2.22. The highest BCUT2D eigenvalue weighted by molar-refractivity contribution is 5.60. The predicted molar refractivity (Wildman–Crippen MR) is 84.5 cm³/mol. The lowest BCUT2D eigenvalue weighted by Gasteiger charge is -2.30. The molecule has 112 valence electrons. The van der Waals surface area contributed by atoms with Gasteiger partial charge in [0.05, 0.1) is 7.11 Å². The van der Waals surface area contributed by atoms with Crippen molar-refractivity contribution < 1.29 is 4.74 Å². The quantitative estimate of drug-likeness (QED) is 0.896. The maximum atomic E-state index is 6.15. The number of nitrogens with two attached hydrogens (primary N) is 1. The Hall–Kier alpha value is -1.26. The molecule has 1 unspecified atom stereocenters. The third-order valence-corrected chi connectivity index (χ3v) is 4.29. The van der Waals surface area contributed by atoms with Gasteiger partial charge in [-0.1, -0.05) is 6.07 Å². The van der Waals surface area contributed by atoms with Crippen LogP contribution in [0.25, 0.3) is 0 Å². The molecule has 2 atom stereocenters. The van der Waals surface area contributed by atoms with Crippen LogP contribution in [0.1, 0.15) is 31.4 Å². The van der Waals surface area contributed by atoms with Crippen LogP contribution in [0.2, 0.25) is 0 Å². The maximum absolute atomic E-state index is 6.15. The van der Waals surface area contributed by atoms with E-state index in [0.29, 0.717) is 6.04 Å². The molecule has 20 heavy (non-hydrogen) atoms. The molecule has 0 amide bonds. The van der Waals surface area contributed by atoms with Crippen molar-refractivity contribution in [2.24, 2.45) is 5.73 Å². The van der Waals surface area contributed by atoms with E-state index < -0.39 is 0 Å². The van der Waals surface area contributed by atoms with Gasteiger partial charge in [-0.15, -0.1) is 0 Å². The van der Waals surface area contributed by atoms with Gasteiger partial charge in [0.2, 0.25) is 0 Å². The van der Waals surface area contributed by atoms with E-state index in [0.717, 1.165) is 17.9 Å². The summed E-state index contributed by atoms with van der Waals surface area (Å²) >= 11 is 0. The Morgan fingerprint density at radius 3 is 2.80 bits per heavy atom. The second kappa shape index (κ2) is 6.46. The Morgan fingerprint density at radius 1 is 1.50 bits per heavy atom. The van der Waals surface area contributed by atoms with E-state index in [2.05, 4.69) is 30.0 Å². The van der Waals surface area contributed by atoms with E-state index in [1.807, 2.05) is 19.1 Å². The van der Waals surface area contributed by atoms with Gasteiger partial charge in [-0.25, -0.2) is 0 Å². The largest absolute Gasteiger partial charge is 0.496 e. The fraction of sp³-hybridized carbons (Fsp3) is 0.625. The van der Waals surface area contributed by atoms with Gasteiger partial charge < -0.3 is 20.3 Å². The van der Waals surface area contributed by atoms with E-state index >= 15 is 0 Å². The predicted octanol–water partition coefficient (Wildman–Crippen LogP) is 2.25. The standard InChI is InChI=1S/C16H27N3O/c1-12(17)16-14(8-5-9-15(16)20-4)19(3)11-13-7-6-10-18(13)2/h5,8-9,12-13H,6-7,10-11,17H2,1-4H3/t12-,13?/m0/s1. The number of anilines is 1. The summed E-state index contributed by atoms with van der Waals surface area (Å²) in [6, 6.07) is 6.75. The van der Waals surface area contributed by atoms with Gasteiger partial charge in [0, 0.05) is 36.9 Å². The lowest BCUT2D eigenvalue weighted by atomic mass is 10.0. The number of hydrogen-bond donors (Lipinski definition) is 1. The molecule has 1 aromatic rings. The Kier molecular flexibility index (Phi) is 4.89. The van der Waals surface area contributed by atoms with E-state index in [9.17, 15) is 0 Å². The Bertz CT molecular complexity index is 447. The number of methoxy groups -OCH3 is 1. The minimum absolute atomic E-state index is 0.0371. The molecule has 1 fully saturated rings. The summed E-state index contributed by atoms with van der Waals surface area (Å²) in [5.41, 5.74) is 8.42. The highest BCUT2D eigenvalue weighted by Gasteiger charge is 2.24. The molecule has 0 radical (unpaired) electrons. The second-order valence-corrected chi connectivity index (χ2v) is 5.84.